The summed E-state index contributed by atoms with van der Waals surface area (Å²) in [6.45, 7) is 2.16. The van der Waals surface area contributed by atoms with Crippen LogP contribution in [-0.4, -0.2) is 4.57 Å². The van der Waals surface area contributed by atoms with Gasteiger partial charge in [0.25, 0.3) is 0 Å². The highest BCUT2D eigenvalue weighted by Gasteiger charge is 2.13. The van der Waals surface area contributed by atoms with E-state index in [1.807, 2.05) is 0 Å². The second-order valence-corrected chi connectivity index (χ2v) is 8.08. The van der Waals surface area contributed by atoms with Crippen LogP contribution in [0.1, 0.15) is 5.56 Å². The first kappa shape index (κ1) is 17.8. The molecule has 0 saturated carbocycles. The average Bonchev–Trinajstić information content (AvgIpc) is 3.13. The Morgan fingerprint density at radius 3 is 2.16 bits per heavy atom. The lowest BCUT2D eigenvalue weighted by molar-refractivity contribution is 1.18. The number of anilines is 2. The van der Waals surface area contributed by atoms with E-state index in [9.17, 15) is 0 Å². The van der Waals surface area contributed by atoms with E-state index in [2.05, 4.69) is 126 Å². The molecule has 31 heavy (non-hydrogen) atoms. The molecule has 0 fully saturated rings. The highest BCUT2D eigenvalue weighted by atomic mass is 15.0. The van der Waals surface area contributed by atoms with Gasteiger partial charge in [0.1, 0.15) is 0 Å². The lowest BCUT2D eigenvalue weighted by Gasteiger charge is -2.11. The van der Waals surface area contributed by atoms with Crippen molar-refractivity contribution >= 4 is 44.0 Å². The summed E-state index contributed by atoms with van der Waals surface area (Å²) < 4.78 is 2.35. The molecule has 0 aliphatic heterocycles. The van der Waals surface area contributed by atoms with Gasteiger partial charge in [-0.2, -0.15) is 0 Å². The summed E-state index contributed by atoms with van der Waals surface area (Å²) in [4.78, 5) is 0. The first-order chi connectivity index (χ1) is 15.3. The van der Waals surface area contributed by atoms with Crippen molar-refractivity contribution in [3.8, 4) is 5.69 Å². The monoisotopic (exact) mass is 398 g/mol. The maximum Gasteiger partial charge on any atom is 0.0542 e. The molecule has 6 rings (SSSR count). The summed E-state index contributed by atoms with van der Waals surface area (Å²) in [5.41, 5.74) is 7.12. The highest BCUT2D eigenvalue weighted by Crippen LogP contribution is 2.35. The normalized spacial score (nSPS) is 11.4. The predicted molar refractivity (Wildman–Crippen MR) is 133 cm³/mol. The molecule has 1 heterocycles. The molecule has 2 heteroatoms. The molecule has 0 radical (unpaired) electrons. The van der Waals surface area contributed by atoms with Gasteiger partial charge < -0.3 is 9.88 Å². The predicted octanol–water partition coefficient (Wildman–Crippen LogP) is 7.99. The molecule has 0 unspecified atom stereocenters. The van der Waals surface area contributed by atoms with Crippen LogP contribution in [0.3, 0.4) is 0 Å². The number of benzene rings is 5. The van der Waals surface area contributed by atoms with Gasteiger partial charge in [-0.1, -0.05) is 66.2 Å². The minimum absolute atomic E-state index is 1.09. The standard InChI is InChI=1S/C29H22N2/c1-20-14-16-28-25(18-20)26-19-22(15-17-29(26)31(28)23-10-3-2-4-11-23)30-27-13-7-9-21-8-5-6-12-24(21)27/h2-19,30H,1H3. The summed E-state index contributed by atoms with van der Waals surface area (Å²) in [7, 11) is 0. The van der Waals surface area contributed by atoms with Crippen molar-refractivity contribution in [1.82, 2.24) is 4.57 Å². The highest BCUT2D eigenvalue weighted by molar-refractivity contribution is 6.10. The van der Waals surface area contributed by atoms with Gasteiger partial charge in [0.15, 0.2) is 0 Å². The fraction of sp³-hybridized carbons (Fsp3) is 0.0345. The number of aromatic nitrogens is 1. The van der Waals surface area contributed by atoms with Gasteiger partial charge >= 0.3 is 0 Å². The van der Waals surface area contributed by atoms with Gasteiger partial charge in [0.2, 0.25) is 0 Å². The molecule has 0 bridgehead atoms. The molecule has 1 aromatic heterocycles. The number of aryl methyl sites for hydroxylation is 1. The molecular weight excluding hydrogens is 376 g/mol. The van der Waals surface area contributed by atoms with E-state index in [1.165, 1.54) is 43.8 Å². The Morgan fingerprint density at radius 1 is 0.581 bits per heavy atom. The second kappa shape index (κ2) is 7.03. The molecule has 0 amide bonds. The molecule has 0 saturated heterocycles. The zero-order valence-electron chi connectivity index (χ0n) is 17.3. The molecule has 2 nitrogen and oxygen atoms in total. The summed E-state index contributed by atoms with van der Waals surface area (Å²) in [5, 5.41) is 8.66. The van der Waals surface area contributed by atoms with Crippen molar-refractivity contribution in [2.24, 2.45) is 0 Å². The van der Waals surface area contributed by atoms with Gasteiger partial charge in [0.05, 0.1) is 11.0 Å². The van der Waals surface area contributed by atoms with Crippen molar-refractivity contribution < 1.29 is 0 Å². The topological polar surface area (TPSA) is 17.0 Å². The number of rotatable bonds is 3. The third-order valence-corrected chi connectivity index (χ3v) is 6.00. The van der Waals surface area contributed by atoms with Gasteiger partial charge in [-0.15, -0.1) is 0 Å². The number of nitrogens with one attached hydrogen (secondary N) is 1. The molecule has 0 aliphatic carbocycles. The maximum atomic E-state index is 3.66. The van der Waals surface area contributed by atoms with E-state index in [1.54, 1.807) is 0 Å². The number of hydrogen-bond donors (Lipinski definition) is 1. The molecule has 0 aliphatic rings. The summed E-state index contributed by atoms with van der Waals surface area (Å²) in [6, 6.07) is 38.9. The van der Waals surface area contributed by atoms with Crippen LogP contribution in [0.15, 0.2) is 109 Å². The molecule has 0 spiro atoms. The van der Waals surface area contributed by atoms with E-state index in [-0.39, 0.29) is 0 Å². The van der Waals surface area contributed by atoms with Crippen LogP contribution in [0.5, 0.6) is 0 Å². The molecule has 5 aromatic carbocycles. The van der Waals surface area contributed by atoms with Crippen molar-refractivity contribution in [3.63, 3.8) is 0 Å². The van der Waals surface area contributed by atoms with Gasteiger partial charge in [-0.05, 0) is 60.8 Å². The van der Waals surface area contributed by atoms with Crippen molar-refractivity contribution in [1.29, 1.82) is 0 Å². The average molecular weight is 399 g/mol. The molecular formula is C29H22N2. The Balaban J connectivity index is 1.56. The smallest absolute Gasteiger partial charge is 0.0542 e. The van der Waals surface area contributed by atoms with Crippen molar-refractivity contribution in [2.45, 2.75) is 6.92 Å². The van der Waals surface area contributed by atoms with Crippen LogP contribution in [-0.2, 0) is 0 Å². The quantitative estimate of drug-likeness (QED) is 0.320. The lowest BCUT2D eigenvalue weighted by atomic mass is 10.1. The summed E-state index contributed by atoms with van der Waals surface area (Å²) in [6.07, 6.45) is 0. The van der Waals surface area contributed by atoms with Crippen LogP contribution in [0.2, 0.25) is 0 Å². The van der Waals surface area contributed by atoms with Crippen LogP contribution >= 0.6 is 0 Å². The van der Waals surface area contributed by atoms with Gasteiger partial charge in [-0.25, -0.2) is 0 Å². The maximum absolute atomic E-state index is 3.66. The number of nitrogens with zero attached hydrogens (tertiary/aromatic N) is 1. The molecule has 1 N–H and O–H groups in total. The third-order valence-electron chi connectivity index (χ3n) is 6.00. The van der Waals surface area contributed by atoms with Crippen LogP contribution in [0, 0.1) is 6.92 Å². The van der Waals surface area contributed by atoms with E-state index < -0.39 is 0 Å². The number of para-hydroxylation sites is 1. The van der Waals surface area contributed by atoms with E-state index in [0.29, 0.717) is 0 Å². The fourth-order valence-corrected chi connectivity index (χ4v) is 4.56. The van der Waals surface area contributed by atoms with Crippen molar-refractivity contribution in [2.75, 3.05) is 5.32 Å². The summed E-state index contributed by atoms with van der Waals surface area (Å²) >= 11 is 0. The van der Waals surface area contributed by atoms with Crippen LogP contribution < -0.4 is 5.32 Å². The Bertz CT molecular complexity index is 1550. The van der Waals surface area contributed by atoms with E-state index in [0.717, 1.165) is 11.4 Å². The Kier molecular flexibility index (Phi) is 4.03. The lowest BCUT2D eigenvalue weighted by Crippen LogP contribution is -1.94. The zero-order valence-corrected chi connectivity index (χ0v) is 17.3. The first-order valence-corrected chi connectivity index (χ1v) is 10.6. The van der Waals surface area contributed by atoms with E-state index >= 15 is 0 Å². The van der Waals surface area contributed by atoms with E-state index in [4.69, 9.17) is 0 Å². The minimum Gasteiger partial charge on any atom is -0.355 e. The van der Waals surface area contributed by atoms with Crippen molar-refractivity contribution in [3.05, 3.63) is 115 Å². The van der Waals surface area contributed by atoms with Gasteiger partial charge in [0, 0.05) is 33.2 Å². The number of hydrogen-bond acceptors (Lipinski definition) is 1. The Labute approximate surface area is 181 Å². The largest absolute Gasteiger partial charge is 0.355 e. The summed E-state index contributed by atoms with van der Waals surface area (Å²) in [5.74, 6) is 0. The molecule has 148 valence electrons. The van der Waals surface area contributed by atoms with Crippen LogP contribution in [0.4, 0.5) is 11.4 Å². The fourth-order valence-electron chi connectivity index (χ4n) is 4.56. The number of fused-ring (bicyclic) bond motifs is 4. The SMILES string of the molecule is Cc1ccc2c(c1)c1cc(Nc3cccc4ccccc34)ccc1n2-c1ccccc1. The second-order valence-electron chi connectivity index (χ2n) is 8.08. The first-order valence-electron chi connectivity index (χ1n) is 10.6. The zero-order chi connectivity index (χ0) is 20.8. The van der Waals surface area contributed by atoms with Gasteiger partial charge in [-0.3, -0.25) is 0 Å². The molecule has 6 aromatic rings. The minimum atomic E-state index is 1.09. The van der Waals surface area contributed by atoms with Crippen LogP contribution in [0.25, 0.3) is 38.3 Å². The molecule has 0 atom stereocenters. The Hall–Kier alpha value is -4.04. The Morgan fingerprint density at radius 2 is 1.29 bits per heavy atom. The third kappa shape index (κ3) is 2.96.